The molecule has 2 aliphatic carbocycles. The fraction of sp³-hybridized carbons (Fsp3) is 0.429. The molecule has 25 heavy (non-hydrogen) atoms. The molecule has 1 N–H and O–H groups in total. The molecule has 4 heteroatoms. The van der Waals surface area contributed by atoms with Crippen LogP contribution in [-0.4, -0.2) is 37.0 Å². The second-order valence-corrected chi connectivity index (χ2v) is 7.66. The first-order valence-electron chi connectivity index (χ1n) is 9.07. The minimum atomic E-state index is -2.69. The molecule has 3 aliphatic rings. The van der Waals surface area contributed by atoms with Crippen molar-refractivity contribution in [2.45, 2.75) is 30.2 Å². The highest BCUT2D eigenvalue weighted by molar-refractivity contribution is 5.60. The van der Waals surface area contributed by atoms with Crippen molar-refractivity contribution in [3.8, 4) is 0 Å². The Bertz CT molecular complexity index is 828. The van der Waals surface area contributed by atoms with E-state index < -0.39 is 17.3 Å². The fourth-order valence-corrected chi connectivity index (χ4v) is 5.10. The zero-order chi connectivity index (χ0) is 17.2. The Kier molecular flexibility index (Phi) is 3.17. The van der Waals surface area contributed by atoms with Gasteiger partial charge in [0.25, 0.3) is 5.92 Å². The third-order valence-electron chi connectivity index (χ3n) is 6.48. The van der Waals surface area contributed by atoms with Gasteiger partial charge in [-0.2, -0.15) is 0 Å². The van der Waals surface area contributed by atoms with Crippen LogP contribution in [0.5, 0.6) is 0 Å². The number of piperazine rings is 1. The van der Waals surface area contributed by atoms with E-state index in [0.717, 1.165) is 48.4 Å². The van der Waals surface area contributed by atoms with Crippen molar-refractivity contribution in [3.05, 3.63) is 70.8 Å². The fourth-order valence-electron chi connectivity index (χ4n) is 5.10. The largest absolute Gasteiger partial charge is 0.314 e. The second kappa shape index (κ2) is 5.12. The molecule has 3 atom stereocenters. The molecule has 0 bridgehead atoms. The molecule has 2 nitrogen and oxygen atoms in total. The third kappa shape index (κ3) is 1.90. The van der Waals surface area contributed by atoms with Gasteiger partial charge in [-0.1, -0.05) is 48.5 Å². The van der Waals surface area contributed by atoms with Gasteiger partial charge in [0.05, 0.1) is 17.4 Å². The first-order chi connectivity index (χ1) is 12.1. The molecule has 0 aromatic heterocycles. The van der Waals surface area contributed by atoms with Crippen LogP contribution in [0, 0.1) is 0 Å². The van der Waals surface area contributed by atoms with Crippen LogP contribution in [0.1, 0.15) is 41.1 Å². The van der Waals surface area contributed by atoms with Crippen molar-refractivity contribution in [1.82, 2.24) is 10.2 Å². The SMILES string of the molecule is C[C@@]12c3ccccc3[C@@H](N3CCNCC3)c3ccccc3[C@@H]1C2(F)F. The Morgan fingerprint density at radius 2 is 1.52 bits per heavy atom. The van der Waals surface area contributed by atoms with E-state index in [1.165, 1.54) is 0 Å². The minimum absolute atomic E-state index is 0.0647. The molecule has 130 valence electrons. The van der Waals surface area contributed by atoms with Crippen molar-refractivity contribution in [1.29, 1.82) is 0 Å². The molecule has 2 aromatic rings. The van der Waals surface area contributed by atoms with E-state index in [9.17, 15) is 8.78 Å². The third-order valence-corrected chi connectivity index (χ3v) is 6.48. The average molecular weight is 340 g/mol. The maximum atomic E-state index is 15.0. The Labute approximate surface area is 146 Å². The zero-order valence-corrected chi connectivity index (χ0v) is 14.3. The number of nitrogens with zero attached hydrogens (tertiary/aromatic N) is 1. The van der Waals surface area contributed by atoms with Gasteiger partial charge in [-0.15, -0.1) is 0 Å². The van der Waals surface area contributed by atoms with Gasteiger partial charge >= 0.3 is 0 Å². The molecule has 1 aliphatic heterocycles. The molecule has 1 saturated heterocycles. The molecule has 0 unspecified atom stereocenters. The van der Waals surface area contributed by atoms with Crippen molar-refractivity contribution < 1.29 is 8.78 Å². The van der Waals surface area contributed by atoms with E-state index >= 15 is 0 Å². The van der Waals surface area contributed by atoms with E-state index in [-0.39, 0.29) is 6.04 Å². The van der Waals surface area contributed by atoms with Gasteiger partial charge in [-0.25, -0.2) is 8.78 Å². The predicted molar refractivity (Wildman–Crippen MR) is 94.2 cm³/mol. The number of nitrogens with one attached hydrogen (secondary N) is 1. The lowest BCUT2D eigenvalue weighted by Gasteiger charge is -2.37. The number of alkyl halides is 2. The Morgan fingerprint density at radius 1 is 0.920 bits per heavy atom. The van der Waals surface area contributed by atoms with Crippen molar-refractivity contribution in [2.24, 2.45) is 0 Å². The number of benzene rings is 2. The molecule has 1 saturated carbocycles. The van der Waals surface area contributed by atoms with Gasteiger partial charge in [-0.3, -0.25) is 4.90 Å². The van der Waals surface area contributed by atoms with E-state index in [4.69, 9.17) is 0 Å². The lowest BCUT2D eigenvalue weighted by molar-refractivity contribution is 0.0853. The van der Waals surface area contributed by atoms with Crippen LogP contribution in [0.25, 0.3) is 0 Å². The first kappa shape index (κ1) is 15.5. The van der Waals surface area contributed by atoms with E-state index in [2.05, 4.69) is 22.3 Å². The maximum Gasteiger partial charge on any atom is 0.265 e. The highest BCUT2D eigenvalue weighted by Gasteiger charge is 2.80. The highest BCUT2D eigenvalue weighted by Crippen LogP contribution is 2.74. The summed E-state index contributed by atoms with van der Waals surface area (Å²) in [5.41, 5.74) is 2.67. The highest BCUT2D eigenvalue weighted by atomic mass is 19.3. The van der Waals surface area contributed by atoms with Gasteiger partial charge in [0, 0.05) is 26.2 Å². The number of halogens is 2. The maximum absolute atomic E-state index is 15.0. The Hall–Kier alpha value is -1.78. The summed E-state index contributed by atoms with van der Waals surface area (Å²) in [6.45, 7) is 5.50. The summed E-state index contributed by atoms with van der Waals surface area (Å²) in [5.74, 6) is -3.40. The quantitative estimate of drug-likeness (QED) is 0.852. The molecule has 2 fully saturated rings. The molecule has 0 amide bonds. The van der Waals surface area contributed by atoms with E-state index in [0.29, 0.717) is 0 Å². The van der Waals surface area contributed by atoms with Crippen LogP contribution in [0.3, 0.4) is 0 Å². The molecule has 5 rings (SSSR count). The first-order valence-corrected chi connectivity index (χ1v) is 9.07. The normalized spacial score (nSPS) is 32.9. The standard InChI is InChI=1S/C21H22F2N2/c1-20-17-9-5-4-8-16(17)18(25-12-10-24-11-13-25)14-6-2-3-7-15(14)19(20)21(20,22)23/h2-9,18-19,24H,10-13H2,1H3/t18-,19-,20+/m0/s1. The van der Waals surface area contributed by atoms with Gasteiger partial charge < -0.3 is 5.32 Å². The number of hydrogen-bond donors (Lipinski definition) is 1. The second-order valence-electron chi connectivity index (χ2n) is 7.66. The minimum Gasteiger partial charge on any atom is -0.314 e. The number of hydrogen-bond acceptors (Lipinski definition) is 2. The summed E-state index contributed by atoms with van der Waals surface area (Å²) < 4.78 is 29.9. The topological polar surface area (TPSA) is 15.3 Å². The molecular weight excluding hydrogens is 318 g/mol. The van der Waals surface area contributed by atoms with Gasteiger partial charge in [-0.05, 0) is 29.2 Å². The number of rotatable bonds is 1. The molecule has 0 spiro atoms. The zero-order valence-electron chi connectivity index (χ0n) is 14.3. The lowest BCUT2D eigenvalue weighted by atomic mass is 9.87. The van der Waals surface area contributed by atoms with Crippen molar-refractivity contribution in [3.63, 3.8) is 0 Å². The van der Waals surface area contributed by atoms with Crippen LogP contribution in [-0.2, 0) is 5.41 Å². The van der Waals surface area contributed by atoms with Gasteiger partial charge in [0.1, 0.15) is 0 Å². The summed E-state index contributed by atoms with van der Waals surface area (Å²) in [5, 5.41) is 3.39. The monoisotopic (exact) mass is 340 g/mol. The summed E-state index contributed by atoms with van der Waals surface area (Å²) in [7, 11) is 0. The summed E-state index contributed by atoms with van der Waals surface area (Å²) in [4.78, 5) is 2.44. The van der Waals surface area contributed by atoms with E-state index in [1.807, 2.05) is 36.4 Å². The lowest BCUT2D eigenvalue weighted by Crippen LogP contribution is -2.45. The molecule has 2 aromatic carbocycles. The van der Waals surface area contributed by atoms with E-state index in [1.54, 1.807) is 6.92 Å². The molecule has 1 heterocycles. The summed E-state index contributed by atoms with van der Waals surface area (Å²) >= 11 is 0. The van der Waals surface area contributed by atoms with Crippen LogP contribution in [0.15, 0.2) is 48.5 Å². The Balaban J connectivity index is 1.77. The molecular formula is C21H22F2N2. The van der Waals surface area contributed by atoms with Gasteiger partial charge in [0.15, 0.2) is 0 Å². The summed E-state index contributed by atoms with van der Waals surface area (Å²) in [6.07, 6.45) is 0. The van der Waals surface area contributed by atoms with Gasteiger partial charge in [0.2, 0.25) is 0 Å². The smallest absolute Gasteiger partial charge is 0.265 e. The van der Waals surface area contributed by atoms with Crippen LogP contribution >= 0.6 is 0 Å². The average Bonchev–Trinajstić information content (AvgIpc) is 3.13. The van der Waals surface area contributed by atoms with Crippen LogP contribution in [0.4, 0.5) is 8.78 Å². The van der Waals surface area contributed by atoms with Crippen molar-refractivity contribution >= 4 is 0 Å². The van der Waals surface area contributed by atoms with Crippen molar-refractivity contribution in [2.75, 3.05) is 26.2 Å². The van der Waals surface area contributed by atoms with Crippen LogP contribution < -0.4 is 5.32 Å². The predicted octanol–water partition coefficient (Wildman–Crippen LogP) is 3.69. The Morgan fingerprint density at radius 3 is 2.24 bits per heavy atom. The van der Waals surface area contributed by atoms with Crippen LogP contribution in [0.2, 0.25) is 0 Å². The summed E-state index contributed by atoms with van der Waals surface area (Å²) in [6, 6.07) is 15.8. The number of fused-ring (bicyclic) bond motifs is 5. The molecule has 0 radical (unpaired) electrons.